The molecular formula is C21H27FN6O2. The highest BCUT2D eigenvalue weighted by atomic mass is 19.1. The smallest absolute Gasteiger partial charge is 0.227 e. The zero-order valence-corrected chi connectivity index (χ0v) is 17.3. The second kappa shape index (κ2) is 10.1. The van der Waals surface area contributed by atoms with E-state index in [1.54, 1.807) is 26.0 Å². The molecule has 160 valence electrons. The molecule has 0 radical (unpaired) electrons. The number of nitrogens with zero attached hydrogens (tertiary/aromatic N) is 4. The fourth-order valence-electron chi connectivity index (χ4n) is 3.53. The maximum Gasteiger partial charge on any atom is 0.227 e. The van der Waals surface area contributed by atoms with Gasteiger partial charge in [0.2, 0.25) is 11.8 Å². The number of hydrogen-bond donors (Lipinski definition) is 2. The van der Waals surface area contributed by atoms with Gasteiger partial charge in [0.1, 0.15) is 17.5 Å². The lowest BCUT2D eigenvalue weighted by Crippen LogP contribution is -2.43. The highest BCUT2D eigenvalue weighted by molar-refractivity contribution is 5.51. The molecule has 1 aliphatic rings. The van der Waals surface area contributed by atoms with E-state index < -0.39 is 5.82 Å². The Kier molecular flexibility index (Phi) is 7.25. The molecule has 0 unspecified atom stereocenters. The van der Waals surface area contributed by atoms with Gasteiger partial charge in [-0.1, -0.05) is 0 Å². The highest BCUT2D eigenvalue weighted by Crippen LogP contribution is 2.31. The van der Waals surface area contributed by atoms with Gasteiger partial charge in [-0.25, -0.2) is 4.98 Å². The summed E-state index contributed by atoms with van der Waals surface area (Å²) in [5.74, 6) is 0.395. The van der Waals surface area contributed by atoms with Crippen molar-refractivity contribution in [2.24, 2.45) is 0 Å². The number of nitrogen functional groups attached to an aromatic ring is 1. The molecule has 8 nitrogen and oxygen atoms in total. The fraction of sp³-hybridized carbons (Fsp3) is 0.476. The molecule has 2 aromatic rings. The standard InChI is InChI=1S/C21H27FN6O2/c1-3-29-17-9-14(10-18(19(17)22)30-4-2)13-28(16-5-7-25-8-6-16)21-26-12-15(11-23)20(24)27-21/h9-10,12,16,25H,3-8,13H2,1-2H3,(H2,24,26,27). The van der Waals surface area contributed by atoms with Crippen LogP contribution in [0.2, 0.25) is 0 Å². The zero-order chi connectivity index (χ0) is 21.5. The SMILES string of the molecule is CCOc1cc(CN(c2ncc(C#N)c(N)n2)C2CCNCC2)cc(OCC)c1F. The molecule has 1 saturated heterocycles. The van der Waals surface area contributed by atoms with Crippen LogP contribution in [-0.4, -0.2) is 42.3 Å². The topological polar surface area (TPSA) is 109 Å². The third-order valence-corrected chi connectivity index (χ3v) is 4.95. The van der Waals surface area contributed by atoms with Crippen LogP contribution in [0.5, 0.6) is 11.5 Å². The van der Waals surface area contributed by atoms with Crippen molar-refractivity contribution in [2.75, 3.05) is 36.9 Å². The number of ether oxygens (including phenoxy) is 2. The quantitative estimate of drug-likeness (QED) is 0.678. The van der Waals surface area contributed by atoms with E-state index >= 15 is 0 Å². The van der Waals surface area contributed by atoms with Gasteiger partial charge < -0.3 is 25.4 Å². The van der Waals surface area contributed by atoms with Crippen molar-refractivity contribution in [3.8, 4) is 17.6 Å². The van der Waals surface area contributed by atoms with E-state index in [9.17, 15) is 4.39 Å². The summed E-state index contributed by atoms with van der Waals surface area (Å²) >= 11 is 0. The Labute approximate surface area is 175 Å². The van der Waals surface area contributed by atoms with Crippen molar-refractivity contribution in [1.29, 1.82) is 5.26 Å². The third kappa shape index (κ3) is 4.89. The molecule has 0 aliphatic carbocycles. The predicted molar refractivity (Wildman–Crippen MR) is 112 cm³/mol. The third-order valence-electron chi connectivity index (χ3n) is 4.95. The molecule has 0 bridgehead atoms. The van der Waals surface area contributed by atoms with Gasteiger partial charge in [-0.15, -0.1) is 0 Å². The molecule has 1 fully saturated rings. The van der Waals surface area contributed by atoms with E-state index in [1.165, 1.54) is 6.20 Å². The molecule has 1 aromatic carbocycles. The molecule has 3 rings (SSSR count). The summed E-state index contributed by atoms with van der Waals surface area (Å²) in [5.41, 5.74) is 6.99. The van der Waals surface area contributed by atoms with Crippen LogP contribution in [0.25, 0.3) is 0 Å². The zero-order valence-electron chi connectivity index (χ0n) is 17.3. The van der Waals surface area contributed by atoms with Gasteiger partial charge in [0.15, 0.2) is 11.5 Å². The number of halogens is 1. The van der Waals surface area contributed by atoms with Gasteiger partial charge in [0.05, 0.1) is 19.4 Å². The van der Waals surface area contributed by atoms with Crippen molar-refractivity contribution in [3.05, 3.63) is 35.3 Å². The number of nitriles is 1. The van der Waals surface area contributed by atoms with Crippen LogP contribution in [-0.2, 0) is 6.54 Å². The van der Waals surface area contributed by atoms with Crippen LogP contribution in [0, 0.1) is 17.1 Å². The lowest BCUT2D eigenvalue weighted by atomic mass is 10.0. The number of anilines is 2. The maximum absolute atomic E-state index is 14.6. The lowest BCUT2D eigenvalue weighted by Gasteiger charge is -2.35. The van der Waals surface area contributed by atoms with Crippen LogP contribution in [0.4, 0.5) is 16.2 Å². The minimum absolute atomic E-state index is 0.144. The Morgan fingerprint density at radius 3 is 2.40 bits per heavy atom. The molecule has 30 heavy (non-hydrogen) atoms. The first kappa shape index (κ1) is 21.6. The molecule has 0 amide bonds. The number of rotatable bonds is 8. The van der Waals surface area contributed by atoms with E-state index in [0.29, 0.717) is 25.7 Å². The molecule has 0 saturated carbocycles. The number of benzene rings is 1. The highest BCUT2D eigenvalue weighted by Gasteiger charge is 2.25. The number of nitrogens with two attached hydrogens (primary N) is 1. The Morgan fingerprint density at radius 2 is 1.87 bits per heavy atom. The van der Waals surface area contributed by atoms with E-state index in [-0.39, 0.29) is 28.9 Å². The van der Waals surface area contributed by atoms with E-state index in [2.05, 4.69) is 20.2 Å². The summed E-state index contributed by atoms with van der Waals surface area (Å²) in [4.78, 5) is 10.8. The van der Waals surface area contributed by atoms with Crippen LogP contribution in [0.3, 0.4) is 0 Å². The Hall–Kier alpha value is -3.12. The largest absolute Gasteiger partial charge is 0.491 e. The normalized spacial score (nSPS) is 14.2. The van der Waals surface area contributed by atoms with E-state index in [4.69, 9.17) is 20.5 Å². The number of piperidine rings is 1. The molecule has 1 aromatic heterocycles. The van der Waals surface area contributed by atoms with Gasteiger partial charge in [-0.05, 0) is 57.5 Å². The van der Waals surface area contributed by atoms with Gasteiger partial charge in [0, 0.05) is 12.6 Å². The van der Waals surface area contributed by atoms with Crippen LogP contribution in [0.15, 0.2) is 18.3 Å². The summed E-state index contributed by atoms with van der Waals surface area (Å²) in [6.07, 6.45) is 3.25. The number of hydrogen-bond acceptors (Lipinski definition) is 8. The molecule has 1 aliphatic heterocycles. The van der Waals surface area contributed by atoms with Crippen molar-refractivity contribution in [1.82, 2.24) is 15.3 Å². The summed E-state index contributed by atoms with van der Waals surface area (Å²) in [7, 11) is 0. The van der Waals surface area contributed by atoms with Gasteiger partial charge in [-0.3, -0.25) is 0 Å². The minimum atomic E-state index is -0.505. The second-order valence-corrected chi connectivity index (χ2v) is 6.96. The number of nitrogens with one attached hydrogen (secondary N) is 1. The van der Waals surface area contributed by atoms with Crippen molar-refractivity contribution in [2.45, 2.75) is 39.3 Å². The first-order valence-electron chi connectivity index (χ1n) is 10.1. The van der Waals surface area contributed by atoms with Gasteiger partial charge >= 0.3 is 0 Å². The molecule has 2 heterocycles. The number of aromatic nitrogens is 2. The average molecular weight is 414 g/mol. The average Bonchev–Trinajstić information content (AvgIpc) is 2.76. The van der Waals surface area contributed by atoms with Crippen LogP contribution < -0.4 is 25.4 Å². The molecule has 3 N–H and O–H groups in total. The van der Waals surface area contributed by atoms with Crippen molar-refractivity contribution >= 4 is 11.8 Å². The Bertz CT molecular complexity index is 884. The van der Waals surface area contributed by atoms with E-state index in [0.717, 1.165) is 31.5 Å². The monoisotopic (exact) mass is 414 g/mol. The van der Waals surface area contributed by atoms with Gasteiger partial charge in [-0.2, -0.15) is 14.6 Å². The summed E-state index contributed by atoms with van der Waals surface area (Å²) in [6, 6.07) is 5.53. The summed E-state index contributed by atoms with van der Waals surface area (Å²) in [6.45, 7) is 6.49. The molecular weight excluding hydrogens is 387 g/mol. The Morgan fingerprint density at radius 1 is 1.23 bits per heavy atom. The fourth-order valence-corrected chi connectivity index (χ4v) is 3.53. The minimum Gasteiger partial charge on any atom is -0.491 e. The summed E-state index contributed by atoms with van der Waals surface area (Å²) < 4.78 is 25.6. The first-order chi connectivity index (χ1) is 14.6. The Balaban J connectivity index is 1.98. The maximum atomic E-state index is 14.6. The van der Waals surface area contributed by atoms with Crippen LogP contribution >= 0.6 is 0 Å². The van der Waals surface area contributed by atoms with Gasteiger partial charge in [0.25, 0.3) is 0 Å². The van der Waals surface area contributed by atoms with E-state index in [1.807, 2.05) is 6.07 Å². The van der Waals surface area contributed by atoms with Crippen LogP contribution in [0.1, 0.15) is 37.8 Å². The van der Waals surface area contributed by atoms with Crippen molar-refractivity contribution in [3.63, 3.8) is 0 Å². The lowest BCUT2D eigenvalue weighted by molar-refractivity contribution is 0.291. The second-order valence-electron chi connectivity index (χ2n) is 6.96. The van der Waals surface area contributed by atoms with Crippen molar-refractivity contribution < 1.29 is 13.9 Å². The first-order valence-corrected chi connectivity index (χ1v) is 10.1. The molecule has 0 atom stereocenters. The summed E-state index contributed by atoms with van der Waals surface area (Å²) in [5, 5.41) is 12.5. The molecule has 9 heteroatoms. The predicted octanol–water partition coefficient (Wildman–Crippen LogP) is 2.63. The molecule has 0 spiro atoms.